The van der Waals surface area contributed by atoms with Crippen LogP contribution in [0.5, 0.6) is 0 Å². The van der Waals surface area contributed by atoms with Gasteiger partial charge in [-0.2, -0.15) is 0 Å². The van der Waals surface area contributed by atoms with Crippen LogP contribution in [0.25, 0.3) is 0 Å². The summed E-state index contributed by atoms with van der Waals surface area (Å²) in [6.07, 6.45) is 1.98. The number of aromatic nitrogens is 3. The number of nitrogens with zero attached hydrogens (tertiary/aromatic N) is 2. The van der Waals surface area contributed by atoms with Crippen molar-refractivity contribution < 1.29 is 4.39 Å². The molecule has 1 aromatic heterocycles. The van der Waals surface area contributed by atoms with E-state index in [2.05, 4.69) is 10.2 Å². The van der Waals surface area contributed by atoms with Gasteiger partial charge in [0.05, 0.1) is 0 Å². The standard InChI is InChI=1S/C13H14FN5OS/c14-9-4-7(3-8(5-9)11(15)16)6-21-13-18-17-12(20)19(13)10-1-2-10/h3-5,10H,1-2,6H2,(H3,15,16)(H,17,20). The van der Waals surface area contributed by atoms with Crippen LogP contribution in [0.2, 0.25) is 0 Å². The molecule has 1 aromatic carbocycles. The van der Waals surface area contributed by atoms with E-state index in [1.807, 2.05) is 0 Å². The summed E-state index contributed by atoms with van der Waals surface area (Å²) in [5, 5.41) is 14.4. The minimum absolute atomic E-state index is 0.171. The van der Waals surface area contributed by atoms with Gasteiger partial charge in [-0.1, -0.05) is 11.8 Å². The molecule has 4 N–H and O–H groups in total. The number of hydrogen-bond donors (Lipinski definition) is 3. The summed E-state index contributed by atoms with van der Waals surface area (Å²) in [4.78, 5) is 11.7. The van der Waals surface area contributed by atoms with Crippen molar-refractivity contribution in [2.24, 2.45) is 5.73 Å². The zero-order valence-corrected chi connectivity index (χ0v) is 11.9. The molecule has 0 unspecified atom stereocenters. The number of H-pyrrole nitrogens is 1. The number of rotatable bonds is 5. The second kappa shape index (κ2) is 5.36. The minimum Gasteiger partial charge on any atom is -0.384 e. The van der Waals surface area contributed by atoms with E-state index in [9.17, 15) is 9.18 Å². The van der Waals surface area contributed by atoms with E-state index in [1.54, 1.807) is 10.6 Å². The Kier molecular flexibility index (Phi) is 3.54. The van der Waals surface area contributed by atoms with Crippen LogP contribution in [0.1, 0.15) is 30.0 Å². The normalized spacial score (nSPS) is 14.3. The van der Waals surface area contributed by atoms with E-state index in [-0.39, 0.29) is 17.6 Å². The molecule has 0 saturated heterocycles. The summed E-state index contributed by atoms with van der Waals surface area (Å²) < 4.78 is 15.1. The van der Waals surface area contributed by atoms with Gasteiger partial charge in [0.25, 0.3) is 0 Å². The Balaban J connectivity index is 1.79. The highest BCUT2D eigenvalue weighted by molar-refractivity contribution is 7.98. The summed E-state index contributed by atoms with van der Waals surface area (Å²) in [5.74, 6) is -0.148. The molecule has 21 heavy (non-hydrogen) atoms. The maximum absolute atomic E-state index is 13.5. The highest BCUT2D eigenvalue weighted by Gasteiger charge is 2.28. The summed E-state index contributed by atoms with van der Waals surface area (Å²) in [7, 11) is 0. The average Bonchev–Trinajstić information content (AvgIpc) is 3.20. The van der Waals surface area contributed by atoms with Gasteiger partial charge in [-0.3, -0.25) is 9.98 Å². The lowest BCUT2D eigenvalue weighted by Gasteiger charge is -2.06. The van der Waals surface area contributed by atoms with Crippen LogP contribution >= 0.6 is 11.8 Å². The molecule has 0 atom stereocenters. The molecule has 1 aliphatic carbocycles. The van der Waals surface area contributed by atoms with E-state index in [0.29, 0.717) is 22.0 Å². The molecule has 6 nitrogen and oxygen atoms in total. The van der Waals surface area contributed by atoms with Gasteiger partial charge >= 0.3 is 5.69 Å². The molecule has 1 fully saturated rings. The highest BCUT2D eigenvalue weighted by atomic mass is 32.2. The SMILES string of the molecule is N=C(N)c1cc(F)cc(CSc2n[nH]c(=O)n2C2CC2)c1. The van der Waals surface area contributed by atoms with Gasteiger partial charge in [0.15, 0.2) is 5.16 Å². The van der Waals surface area contributed by atoms with Gasteiger partial charge in [0, 0.05) is 17.4 Å². The fraction of sp³-hybridized carbons (Fsp3) is 0.308. The Morgan fingerprint density at radius 3 is 2.95 bits per heavy atom. The summed E-state index contributed by atoms with van der Waals surface area (Å²) in [5.41, 5.74) is 6.23. The van der Waals surface area contributed by atoms with Gasteiger partial charge in [-0.05, 0) is 36.6 Å². The first kappa shape index (κ1) is 13.9. The quantitative estimate of drug-likeness (QED) is 0.444. The third-order valence-electron chi connectivity index (χ3n) is 3.22. The van der Waals surface area contributed by atoms with Crippen molar-refractivity contribution in [1.29, 1.82) is 5.41 Å². The van der Waals surface area contributed by atoms with Gasteiger partial charge in [0.2, 0.25) is 0 Å². The number of nitrogens with one attached hydrogen (secondary N) is 2. The molecule has 1 heterocycles. The Bertz CT molecular complexity index is 749. The molecule has 0 aliphatic heterocycles. The monoisotopic (exact) mass is 307 g/mol. The van der Waals surface area contributed by atoms with Crippen LogP contribution in [0, 0.1) is 11.2 Å². The van der Waals surface area contributed by atoms with Crippen LogP contribution in [0.15, 0.2) is 28.2 Å². The predicted octanol–water partition coefficient (Wildman–Crippen LogP) is 1.62. The maximum Gasteiger partial charge on any atom is 0.344 e. The Morgan fingerprint density at radius 2 is 2.29 bits per heavy atom. The maximum atomic E-state index is 13.5. The van der Waals surface area contributed by atoms with Gasteiger partial charge < -0.3 is 5.73 Å². The molecule has 0 radical (unpaired) electrons. The van der Waals surface area contributed by atoms with Crippen LogP contribution in [0.3, 0.4) is 0 Å². The first-order valence-electron chi connectivity index (χ1n) is 6.48. The molecule has 0 spiro atoms. The smallest absolute Gasteiger partial charge is 0.344 e. The average molecular weight is 307 g/mol. The third-order valence-corrected chi connectivity index (χ3v) is 4.24. The van der Waals surface area contributed by atoms with Crippen LogP contribution in [0.4, 0.5) is 4.39 Å². The molecule has 3 rings (SSSR count). The molecular weight excluding hydrogens is 293 g/mol. The van der Waals surface area contributed by atoms with Crippen molar-refractivity contribution in [3.05, 3.63) is 45.6 Å². The third kappa shape index (κ3) is 2.99. The van der Waals surface area contributed by atoms with Gasteiger partial charge in [-0.25, -0.2) is 14.3 Å². The Morgan fingerprint density at radius 1 is 1.52 bits per heavy atom. The first-order valence-corrected chi connectivity index (χ1v) is 7.46. The molecule has 2 aromatic rings. The molecule has 0 amide bonds. The van der Waals surface area contributed by atoms with Crippen molar-refractivity contribution in [1.82, 2.24) is 14.8 Å². The topological polar surface area (TPSA) is 101 Å². The first-order chi connectivity index (χ1) is 10.0. The van der Waals surface area contributed by atoms with E-state index in [0.717, 1.165) is 12.8 Å². The number of benzene rings is 1. The molecule has 110 valence electrons. The summed E-state index contributed by atoms with van der Waals surface area (Å²) in [6.45, 7) is 0. The lowest BCUT2D eigenvalue weighted by atomic mass is 10.1. The van der Waals surface area contributed by atoms with Crippen molar-refractivity contribution >= 4 is 17.6 Å². The second-order valence-electron chi connectivity index (χ2n) is 4.96. The van der Waals surface area contributed by atoms with E-state index in [1.165, 1.54) is 23.9 Å². The Hall–Kier alpha value is -2.09. The fourth-order valence-electron chi connectivity index (χ4n) is 2.08. The zero-order chi connectivity index (χ0) is 15.0. The lowest BCUT2D eigenvalue weighted by molar-refractivity contribution is 0.626. The largest absolute Gasteiger partial charge is 0.384 e. The van der Waals surface area contributed by atoms with Crippen LogP contribution in [-0.2, 0) is 5.75 Å². The fourth-order valence-corrected chi connectivity index (χ4v) is 3.03. The van der Waals surface area contributed by atoms with E-state index in [4.69, 9.17) is 11.1 Å². The van der Waals surface area contributed by atoms with Gasteiger partial charge in [0.1, 0.15) is 11.7 Å². The second-order valence-corrected chi connectivity index (χ2v) is 5.91. The van der Waals surface area contributed by atoms with Crippen molar-refractivity contribution in [3.63, 3.8) is 0 Å². The van der Waals surface area contributed by atoms with Crippen molar-refractivity contribution in [3.8, 4) is 0 Å². The lowest BCUT2D eigenvalue weighted by Crippen LogP contribution is -2.16. The molecule has 8 heteroatoms. The Labute approximate surface area is 124 Å². The number of amidine groups is 1. The summed E-state index contributed by atoms with van der Waals surface area (Å²) >= 11 is 1.36. The van der Waals surface area contributed by atoms with Gasteiger partial charge in [-0.15, -0.1) is 5.10 Å². The number of nitrogens with two attached hydrogens (primary N) is 1. The molecular formula is C13H14FN5OS. The van der Waals surface area contributed by atoms with Crippen LogP contribution in [-0.4, -0.2) is 20.6 Å². The zero-order valence-electron chi connectivity index (χ0n) is 11.1. The number of aromatic amines is 1. The molecule has 1 aliphatic rings. The molecule has 0 bridgehead atoms. The number of hydrogen-bond acceptors (Lipinski definition) is 4. The molecule has 1 saturated carbocycles. The minimum atomic E-state index is -0.431. The van der Waals surface area contributed by atoms with Crippen LogP contribution < -0.4 is 11.4 Å². The number of nitrogen functional groups attached to an aromatic ring is 1. The number of thioether (sulfide) groups is 1. The van der Waals surface area contributed by atoms with Crippen molar-refractivity contribution in [2.45, 2.75) is 29.8 Å². The van der Waals surface area contributed by atoms with E-state index < -0.39 is 5.82 Å². The van der Waals surface area contributed by atoms with E-state index >= 15 is 0 Å². The highest BCUT2D eigenvalue weighted by Crippen LogP contribution is 2.36. The number of halogens is 1. The summed E-state index contributed by atoms with van der Waals surface area (Å²) in [6, 6.07) is 4.53. The van der Waals surface area contributed by atoms with Crippen molar-refractivity contribution in [2.75, 3.05) is 0 Å². The predicted molar refractivity (Wildman–Crippen MR) is 78.1 cm³/mol.